The standard InChI is InChI=1S/C16H20N4O4/c1-3-24-16(22)11-20-10-14(18-19-20)17-15(21)8-7-12-5-4-6-13(9-12)23-2/h4-6,9-10H,3,7-8,11H2,1-2H3,(H,17,21). The Morgan fingerprint density at radius 3 is 2.92 bits per heavy atom. The average molecular weight is 332 g/mol. The number of rotatable bonds is 8. The first-order chi connectivity index (χ1) is 11.6. The van der Waals surface area contributed by atoms with Crippen LogP contribution >= 0.6 is 0 Å². The molecule has 0 aliphatic rings. The van der Waals surface area contributed by atoms with Crippen LogP contribution in [0, 0.1) is 0 Å². The smallest absolute Gasteiger partial charge is 0.327 e. The third-order valence-electron chi connectivity index (χ3n) is 3.18. The Kier molecular flexibility index (Phi) is 6.30. The van der Waals surface area contributed by atoms with Crippen LogP contribution in [0.25, 0.3) is 0 Å². The molecule has 1 amide bonds. The molecule has 0 unspecified atom stereocenters. The van der Waals surface area contributed by atoms with Gasteiger partial charge in [-0.2, -0.15) is 0 Å². The van der Waals surface area contributed by atoms with Gasteiger partial charge in [0.15, 0.2) is 5.82 Å². The summed E-state index contributed by atoms with van der Waals surface area (Å²) in [7, 11) is 1.60. The molecule has 2 aromatic rings. The van der Waals surface area contributed by atoms with Crippen molar-refractivity contribution in [3.8, 4) is 5.75 Å². The molecular weight excluding hydrogens is 312 g/mol. The maximum atomic E-state index is 12.0. The topological polar surface area (TPSA) is 95.3 Å². The van der Waals surface area contributed by atoms with Crippen LogP contribution in [0.5, 0.6) is 5.75 Å². The van der Waals surface area contributed by atoms with E-state index in [4.69, 9.17) is 9.47 Å². The molecule has 8 nitrogen and oxygen atoms in total. The molecule has 8 heteroatoms. The number of hydrogen-bond donors (Lipinski definition) is 1. The van der Waals surface area contributed by atoms with Crippen LogP contribution in [-0.4, -0.2) is 40.6 Å². The van der Waals surface area contributed by atoms with Gasteiger partial charge in [0.1, 0.15) is 12.3 Å². The third-order valence-corrected chi connectivity index (χ3v) is 3.18. The minimum Gasteiger partial charge on any atom is -0.497 e. The van der Waals surface area contributed by atoms with E-state index in [1.165, 1.54) is 10.9 Å². The van der Waals surface area contributed by atoms with Gasteiger partial charge in [-0.05, 0) is 31.0 Å². The lowest BCUT2D eigenvalue weighted by Gasteiger charge is -2.04. The van der Waals surface area contributed by atoms with Gasteiger partial charge in [-0.1, -0.05) is 17.3 Å². The Hall–Kier alpha value is -2.90. The van der Waals surface area contributed by atoms with Crippen molar-refractivity contribution in [1.82, 2.24) is 15.0 Å². The van der Waals surface area contributed by atoms with Gasteiger partial charge in [0, 0.05) is 6.42 Å². The van der Waals surface area contributed by atoms with Gasteiger partial charge in [-0.15, -0.1) is 5.10 Å². The number of carbonyl (C=O) groups is 2. The van der Waals surface area contributed by atoms with E-state index in [9.17, 15) is 9.59 Å². The highest BCUT2D eigenvalue weighted by Gasteiger charge is 2.09. The van der Waals surface area contributed by atoms with Gasteiger partial charge >= 0.3 is 5.97 Å². The number of methoxy groups -OCH3 is 1. The zero-order chi connectivity index (χ0) is 17.4. The largest absolute Gasteiger partial charge is 0.497 e. The van der Waals surface area contributed by atoms with E-state index in [1.54, 1.807) is 14.0 Å². The first-order valence-electron chi connectivity index (χ1n) is 7.59. The molecule has 0 aliphatic carbocycles. The van der Waals surface area contributed by atoms with Crippen molar-refractivity contribution in [2.24, 2.45) is 0 Å². The maximum absolute atomic E-state index is 12.0. The van der Waals surface area contributed by atoms with Crippen LogP contribution in [-0.2, 0) is 27.3 Å². The lowest BCUT2D eigenvalue weighted by Crippen LogP contribution is -2.14. The molecule has 2 rings (SSSR count). The summed E-state index contributed by atoms with van der Waals surface area (Å²) in [5, 5.41) is 10.2. The quantitative estimate of drug-likeness (QED) is 0.735. The monoisotopic (exact) mass is 332 g/mol. The molecule has 1 aromatic heterocycles. The van der Waals surface area contributed by atoms with Gasteiger partial charge in [-0.3, -0.25) is 9.59 Å². The molecule has 128 valence electrons. The molecule has 0 radical (unpaired) electrons. The fourth-order valence-corrected chi connectivity index (χ4v) is 2.06. The molecule has 24 heavy (non-hydrogen) atoms. The normalized spacial score (nSPS) is 10.2. The Morgan fingerprint density at radius 2 is 2.17 bits per heavy atom. The number of anilines is 1. The molecule has 0 aliphatic heterocycles. The fourth-order valence-electron chi connectivity index (χ4n) is 2.06. The molecule has 0 spiro atoms. The highest BCUT2D eigenvalue weighted by Crippen LogP contribution is 2.14. The minimum atomic E-state index is -0.404. The lowest BCUT2D eigenvalue weighted by molar-refractivity contribution is -0.144. The van der Waals surface area contributed by atoms with Crippen molar-refractivity contribution in [3.05, 3.63) is 36.0 Å². The van der Waals surface area contributed by atoms with Crippen molar-refractivity contribution in [3.63, 3.8) is 0 Å². The highest BCUT2D eigenvalue weighted by molar-refractivity contribution is 5.89. The van der Waals surface area contributed by atoms with Gasteiger partial charge < -0.3 is 14.8 Å². The SMILES string of the molecule is CCOC(=O)Cn1cc(NC(=O)CCc2cccc(OC)c2)nn1. The Bertz CT molecular complexity index is 699. The van der Waals surface area contributed by atoms with E-state index < -0.39 is 5.97 Å². The van der Waals surface area contributed by atoms with Crippen molar-refractivity contribution < 1.29 is 19.1 Å². The highest BCUT2D eigenvalue weighted by atomic mass is 16.5. The molecule has 0 saturated heterocycles. The van der Waals surface area contributed by atoms with E-state index in [0.717, 1.165) is 11.3 Å². The zero-order valence-corrected chi connectivity index (χ0v) is 13.7. The van der Waals surface area contributed by atoms with Crippen LogP contribution < -0.4 is 10.1 Å². The molecule has 1 N–H and O–H groups in total. The predicted molar refractivity (Wildman–Crippen MR) is 86.6 cm³/mol. The number of nitrogens with zero attached hydrogens (tertiary/aromatic N) is 3. The Labute approximate surface area is 139 Å². The summed E-state index contributed by atoms with van der Waals surface area (Å²) in [5.74, 6) is 0.476. The number of esters is 1. The van der Waals surface area contributed by atoms with Crippen LogP contribution in [0.4, 0.5) is 5.82 Å². The summed E-state index contributed by atoms with van der Waals surface area (Å²) in [6, 6.07) is 7.56. The first-order valence-corrected chi connectivity index (χ1v) is 7.59. The minimum absolute atomic E-state index is 0.0412. The van der Waals surface area contributed by atoms with Crippen molar-refractivity contribution in [1.29, 1.82) is 0 Å². The lowest BCUT2D eigenvalue weighted by atomic mass is 10.1. The number of hydrogen-bond acceptors (Lipinski definition) is 6. The Balaban J connectivity index is 1.82. The number of amides is 1. The summed E-state index contributed by atoms with van der Waals surface area (Å²) < 4.78 is 11.3. The number of carbonyl (C=O) groups excluding carboxylic acids is 2. The first kappa shape index (κ1) is 17.5. The van der Waals surface area contributed by atoms with Gasteiger partial charge in [0.2, 0.25) is 5.91 Å². The fraction of sp³-hybridized carbons (Fsp3) is 0.375. The predicted octanol–water partition coefficient (Wildman–Crippen LogP) is 1.42. The van der Waals surface area contributed by atoms with Crippen molar-refractivity contribution >= 4 is 17.7 Å². The van der Waals surface area contributed by atoms with Gasteiger partial charge in [0.05, 0.1) is 19.9 Å². The van der Waals surface area contributed by atoms with Crippen LogP contribution in [0.2, 0.25) is 0 Å². The van der Waals surface area contributed by atoms with Gasteiger partial charge in [-0.25, -0.2) is 4.68 Å². The van der Waals surface area contributed by atoms with E-state index in [1.807, 2.05) is 24.3 Å². The average Bonchev–Trinajstić information content (AvgIpc) is 3.00. The van der Waals surface area contributed by atoms with E-state index in [-0.39, 0.29) is 12.5 Å². The maximum Gasteiger partial charge on any atom is 0.327 e. The van der Waals surface area contributed by atoms with E-state index >= 15 is 0 Å². The second-order valence-corrected chi connectivity index (χ2v) is 5.01. The summed E-state index contributed by atoms with van der Waals surface area (Å²) in [4.78, 5) is 23.3. The second kappa shape index (κ2) is 8.66. The zero-order valence-electron chi connectivity index (χ0n) is 13.7. The van der Waals surface area contributed by atoms with E-state index in [0.29, 0.717) is 25.3 Å². The molecule has 0 bridgehead atoms. The number of benzene rings is 1. The summed E-state index contributed by atoms with van der Waals surface area (Å²) in [6.45, 7) is 2.00. The molecule has 0 fully saturated rings. The molecule has 1 heterocycles. The van der Waals surface area contributed by atoms with E-state index in [2.05, 4.69) is 15.6 Å². The van der Waals surface area contributed by atoms with Gasteiger partial charge in [0.25, 0.3) is 0 Å². The van der Waals surface area contributed by atoms with Crippen molar-refractivity contribution in [2.45, 2.75) is 26.3 Å². The Morgan fingerprint density at radius 1 is 1.33 bits per heavy atom. The summed E-state index contributed by atoms with van der Waals surface area (Å²) in [6.07, 6.45) is 2.37. The molecular formula is C16H20N4O4. The molecule has 1 aromatic carbocycles. The number of nitrogens with one attached hydrogen (secondary N) is 1. The van der Waals surface area contributed by atoms with Crippen LogP contribution in [0.3, 0.4) is 0 Å². The summed E-state index contributed by atoms with van der Waals surface area (Å²) in [5.41, 5.74) is 1.01. The third kappa shape index (κ3) is 5.38. The van der Waals surface area contributed by atoms with Crippen LogP contribution in [0.1, 0.15) is 18.9 Å². The number of aryl methyl sites for hydroxylation is 1. The number of ether oxygens (including phenoxy) is 2. The number of aromatic nitrogens is 3. The summed E-state index contributed by atoms with van der Waals surface area (Å²) >= 11 is 0. The molecule has 0 atom stereocenters. The van der Waals surface area contributed by atoms with Crippen molar-refractivity contribution in [2.75, 3.05) is 19.0 Å². The van der Waals surface area contributed by atoms with Crippen LogP contribution in [0.15, 0.2) is 30.5 Å². The second-order valence-electron chi connectivity index (χ2n) is 5.01. The molecule has 0 saturated carbocycles.